The molecule has 2 rings (SSSR count). The molecule has 23 heavy (non-hydrogen) atoms. The molecule has 2 N–H and O–H groups in total. The average molecular weight is 437 g/mol. The van der Waals surface area contributed by atoms with E-state index in [4.69, 9.17) is 9.73 Å². The first-order valence-electron chi connectivity index (χ1n) is 9.30. The summed E-state index contributed by atoms with van der Waals surface area (Å²) < 4.78 is 5.52. The molecule has 5 heteroatoms. The second-order valence-electron chi connectivity index (χ2n) is 7.24. The van der Waals surface area contributed by atoms with E-state index < -0.39 is 0 Å². The van der Waals surface area contributed by atoms with Crippen molar-refractivity contribution in [1.82, 2.24) is 10.6 Å². The van der Waals surface area contributed by atoms with E-state index in [1.165, 1.54) is 38.5 Å². The van der Waals surface area contributed by atoms with Crippen LogP contribution in [-0.2, 0) is 4.74 Å². The van der Waals surface area contributed by atoms with Crippen LogP contribution in [-0.4, -0.2) is 38.3 Å². The predicted molar refractivity (Wildman–Crippen MR) is 109 cm³/mol. The Kier molecular flexibility index (Phi) is 9.82. The molecule has 0 heterocycles. The van der Waals surface area contributed by atoms with Gasteiger partial charge in [-0.25, -0.2) is 0 Å². The Morgan fingerprint density at radius 3 is 2.43 bits per heavy atom. The van der Waals surface area contributed by atoms with Gasteiger partial charge in [0.1, 0.15) is 0 Å². The van der Waals surface area contributed by atoms with Crippen molar-refractivity contribution in [1.29, 1.82) is 0 Å². The number of rotatable bonds is 8. The van der Waals surface area contributed by atoms with Crippen molar-refractivity contribution in [2.24, 2.45) is 16.3 Å². The third kappa shape index (κ3) is 7.59. The molecule has 0 radical (unpaired) electrons. The summed E-state index contributed by atoms with van der Waals surface area (Å²) in [5.74, 6) is 1.91. The van der Waals surface area contributed by atoms with Crippen LogP contribution in [0.5, 0.6) is 0 Å². The zero-order chi connectivity index (χ0) is 15.8. The lowest BCUT2D eigenvalue weighted by atomic mass is 9.87. The maximum absolute atomic E-state index is 5.52. The van der Waals surface area contributed by atoms with Gasteiger partial charge in [-0.3, -0.25) is 4.99 Å². The number of hydrogen-bond acceptors (Lipinski definition) is 2. The fraction of sp³-hybridized carbons (Fsp3) is 0.944. The van der Waals surface area contributed by atoms with Crippen LogP contribution in [0, 0.1) is 11.3 Å². The van der Waals surface area contributed by atoms with Crippen LogP contribution >= 0.6 is 24.0 Å². The minimum absolute atomic E-state index is 0. The molecule has 2 aliphatic carbocycles. The summed E-state index contributed by atoms with van der Waals surface area (Å²) in [4.78, 5) is 4.88. The summed E-state index contributed by atoms with van der Waals surface area (Å²) in [6, 6.07) is 0.604. The van der Waals surface area contributed by atoms with Crippen LogP contribution < -0.4 is 10.6 Å². The maximum atomic E-state index is 5.52. The van der Waals surface area contributed by atoms with Crippen molar-refractivity contribution in [2.75, 3.05) is 26.3 Å². The molecular weight excluding hydrogens is 401 g/mol. The van der Waals surface area contributed by atoms with E-state index in [0.29, 0.717) is 11.5 Å². The van der Waals surface area contributed by atoms with Gasteiger partial charge in [0.05, 0.1) is 0 Å². The average Bonchev–Trinajstić information content (AvgIpc) is 3.28. The van der Waals surface area contributed by atoms with Crippen LogP contribution in [0.3, 0.4) is 0 Å². The molecule has 0 spiro atoms. The van der Waals surface area contributed by atoms with Gasteiger partial charge in [-0.1, -0.05) is 6.92 Å². The predicted octanol–water partition coefficient (Wildman–Crippen LogP) is 3.95. The largest absolute Gasteiger partial charge is 0.382 e. The molecule has 0 saturated heterocycles. The lowest BCUT2D eigenvalue weighted by molar-refractivity contribution is 0.129. The highest BCUT2D eigenvalue weighted by Crippen LogP contribution is 2.49. The van der Waals surface area contributed by atoms with Gasteiger partial charge >= 0.3 is 0 Å². The number of nitrogens with zero attached hydrogens (tertiary/aromatic N) is 1. The monoisotopic (exact) mass is 437 g/mol. The Morgan fingerprint density at radius 1 is 1.17 bits per heavy atom. The number of nitrogens with one attached hydrogen (secondary N) is 2. The lowest BCUT2D eigenvalue weighted by Gasteiger charge is -2.28. The first-order valence-corrected chi connectivity index (χ1v) is 9.30. The highest BCUT2D eigenvalue weighted by molar-refractivity contribution is 14.0. The van der Waals surface area contributed by atoms with Crippen molar-refractivity contribution in [3.8, 4) is 0 Å². The molecular formula is C18H36IN3O. The van der Waals surface area contributed by atoms with E-state index in [-0.39, 0.29) is 24.0 Å². The highest BCUT2D eigenvalue weighted by Gasteiger charge is 2.41. The van der Waals surface area contributed by atoms with E-state index in [1.807, 2.05) is 0 Å². The molecule has 0 bridgehead atoms. The summed E-state index contributed by atoms with van der Waals surface area (Å²) >= 11 is 0. The second-order valence-corrected chi connectivity index (χ2v) is 7.24. The normalized spacial score (nSPS) is 26.3. The van der Waals surface area contributed by atoms with Gasteiger partial charge in [-0.05, 0) is 70.1 Å². The van der Waals surface area contributed by atoms with Gasteiger partial charge in [0, 0.05) is 32.3 Å². The SMILES string of the molecule is CCNC(=NCC1(CCOCC)CC1)NC1CCC(C)CC1.I. The number of ether oxygens (including phenoxy) is 1. The molecule has 0 aliphatic heterocycles. The topological polar surface area (TPSA) is 45.7 Å². The van der Waals surface area contributed by atoms with Crippen molar-refractivity contribution < 1.29 is 4.74 Å². The van der Waals surface area contributed by atoms with Gasteiger partial charge in [0.2, 0.25) is 0 Å². The second kappa shape index (κ2) is 10.7. The molecule has 0 unspecified atom stereocenters. The van der Waals surface area contributed by atoms with Crippen molar-refractivity contribution in [3.05, 3.63) is 0 Å². The number of aliphatic imine (C=N–C) groups is 1. The standard InChI is InChI=1S/C18H35N3O.HI/c1-4-19-17(21-16-8-6-15(3)7-9-16)20-14-18(10-11-18)12-13-22-5-2;/h15-16H,4-14H2,1-3H3,(H2,19,20,21);1H. The molecule has 0 aromatic carbocycles. The van der Waals surface area contributed by atoms with E-state index >= 15 is 0 Å². The molecule has 4 nitrogen and oxygen atoms in total. The van der Waals surface area contributed by atoms with Gasteiger partial charge in [0.25, 0.3) is 0 Å². The van der Waals surface area contributed by atoms with Crippen LogP contribution in [0.1, 0.15) is 65.7 Å². The van der Waals surface area contributed by atoms with Crippen molar-refractivity contribution >= 4 is 29.9 Å². The van der Waals surface area contributed by atoms with Gasteiger partial charge < -0.3 is 15.4 Å². The Bertz CT molecular complexity index is 350. The molecule has 0 aromatic rings. The van der Waals surface area contributed by atoms with E-state index in [9.17, 15) is 0 Å². The number of hydrogen-bond donors (Lipinski definition) is 2. The van der Waals surface area contributed by atoms with Gasteiger partial charge in [-0.15, -0.1) is 24.0 Å². The maximum Gasteiger partial charge on any atom is 0.191 e. The van der Waals surface area contributed by atoms with Crippen LogP contribution in [0.25, 0.3) is 0 Å². The summed E-state index contributed by atoms with van der Waals surface area (Å²) in [6.07, 6.45) is 9.02. The molecule has 2 aliphatic rings. The van der Waals surface area contributed by atoms with Crippen LogP contribution in [0.4, 0.5) is 0 Å². The zero-order valence-corrected chi connectivity index (χ0v) is 17.5. The Morgan fingerprint density at radius 2 is 1.87 bits per heavy atom. The Labute approximate surface area is 159 Å². The first-order chi connectivity index (χ1) is 10.7. The Balaban J connectivity index is 0.00000264. The molecule has 2 saturated carbocycles. The summed E-state index contributed by atoms with van der Waals surface area (Å²) in [5.41, 5.74) is 0.429. The van der Waals surface area contributed by atoms with E-state index in [1.54, 1.807) is 0 Å². The first kappa shape index (κ1) is 21.0. The molecule has 0 atom stereocenters. The minimum atomic E-state index is 0. The number of guanidine groups is 1. The van der Waals surface area contributed by atoms with Crippen LogP contribution in [0.2, 0.25) is 0 Å². The minimum Gasteiger partial charge on any atom is -0.382 e. The van der Waals surface area contributed by atoms with Gasteiger partial charge in [-0.2, -0.15) is 0 Å². The lowest BCUT2D eigenvalue weighted by Crippen LogP contribution is -2.45. The van der Waals surface area contributed by atoms with Crippen molar-refractivity contribution in [2.45, 2.75) is 71.8 Å². The van der Waals surface area contributed by atoms with Crippen LogP contribution in [0.15, 0.2) is 4.99 Å². The fourth-order valence-corrected chi connectivity index (χ4v) is 3.26. The van der Waals surface area contributed by atoms with E-state index in [0.717, 1.165) is 44.6 Å². The summed E-state index contributed by atoms with van der Waals surface area (Å²) in [5, 5.41) is 7.07. The fourth-order valence-electron chi connectivity index (χ4n) is 3.26. The molecule has 136 valence electrons. The molecule has 0 aromatic heterocycles. The molecule has 2 fully saturated rings. The summed E-state index contributed by atoms with van der Waals surface area (Å²) in [7, 11) is 0. The summed E-state index contributed by atoms with van der Waals surface area (Å²) in [6.45, 7) is 10.2. The Hall–Kier alpha value is -0.0400. The molecule has 0 amide bonds. The van der Waals surface area contributed by atoms with E-state index in [2.05, 4.69) is 31.4 Å². The smallest absolute Gasteiger partial charge is 0.191 e. The highest BCUT2D eigenvalue weighted by atomic mass is 127. The number of halogens is 1. The third-order valence-corrected chi connectivity index (χ3v) is 5.21. The quantitative estimate of drug-likeness (QED) is 0.262. The van der Waals surface area contributed by atoms with Gasteiger partial charge in [0.15, 0.2) is 5.96 Å². The third-order valence-electron chi connectivity index (χ3n) is 5.21. The zero-order valence-electron chi connectivity index (χ0n) is 15.2. The van der Waals surface area contributed by atoms with Crippen molar-refractivity contribution in [3.63, 3.8) is 0 Å².